The van der Waals surface area contributed by atoms with Gasteiger partial charge in [0.15, 0.2) is 5.82 Å². The largest absolute Gasteiger partial charge is 0.350 e. The zero-order chi connectivity index (χ0) is 30.1. The third kappa shape index (κ3) is 5.53. The average molecular weight is 578 g/mol. The van der Waals surface area contributed by atoms with Gasteiger partial charge in [0.2, 0.25) is 5.95 Å². The molecule has 1 fully saturated rings. The van der Waals surface area contributed by atoms with Crippen LogP contribution in [0.5, 0.6) is 0 Å². The molecular weight excluding hydrogens is 540 g/mol. The highest BCUT2D eigenvalue weighted by molar-refractivity contribution is 6.02. The SMILES string of the molecule is CCC(CC)N1CCN(c2nc(-c3cc(C(=O)NC(C)C)ccc3C)c3c(n2)N(c2c(F)cccc2F)C(=O)NC3)C1. The molecule has 3 aromatic rings. The van der Waals surface area contributed by atoms with Crippen LogP contribution in [-0.2, 0) is 6.54 Å². The van der Waals surface area contributed by atoms with Crippen molar-refractivity contribution in [3.8, 4) is 11.3 Å². The molecule has 42 heavy (non-hydrogen) atoms. The number of fused-ring (bicyclic) bond motifs is 1. The maximum Gasteiger partial charge on any atom is 0.328 e. The molecule has 2 aromatic carbocycles. The Morgan fingerprint density at radius 3 is 2.45 bits per heavy atom. The molecule has 0 saturated carbocycles. The number of amides is 3. The highest BCUT2D eigenvalue weighted by Gasteiger charge is 2.36. The molecule has 2 aliphatic rings. The van der Waals surface area contributed by atoms with Crippen LogP contribution in [0.25, 0.3) is 11.3 Å². The quantitative estimate of drug-likeness (QED) is 0.368. The summed E-state index contributed by atoms with van der Waals surface area (Å²) in [6.07, 6.45) is 2.01. The van der Waals surface area contributed by atoms with Gasteiger partial charge in [-0.3, -0.25) is 9.69 Å². The summed E-state index contributed by atoms with van der Waals surface area (Å²) >= 11 is 0. The topological polar surface area (TPSA) is 93.7 Å². The predicted octanol–water partition coefficient (Wildman–Crippen LogP) is 5.50. The van der Waals surface area contributed by atoms with Gasteiger partial charge in [0.1, 0.15) is 17.3 Å². The van der Waals surface area contributed by atoms with Gasteiger partial charge < -0.3 is 15.5 Å². The molecule has 9 nitrogen and oxygen atoms in total. The van der Waals surface area contributed by atoms with Crippen LogP contribution in [0.1, 0.15) is 62.0 Å². The van der Waals surface area contributed by atoms with Gasteiger partial charge in [-0.25, -0.2) is 23.5 Å². The zero-order valence-electron chi connectivity index (χ0n) is 24.7. The monoisotopic (exact) mass is 577 g/mol. The fourth-order valence-corrected chi connectivity index (χ4v) is 5.66. The summed E-state index contributed by atoms with van der Waals surface area (Å²) in [5, 5.41) is 5.65. The van der Waals surface area contributed by atoms with Crippen LogP contribution >= 0.6 is 0 Å². The van der Waals surface area contributed by atoms with E-state index in [1.165, 1.54) is 6.07 Å². The molecule has 11 heteroatoms. The van der Waals surface area contributed by atoms with E-state index < -0.39 is 23.4 Å². The number of aryl methyl sites for hydroxylation is 1. The van der Waals surface area contributed by atoms with E-state index in [1.807, 2.05) is 31.7 Å². The highest BCUT2D eigenvalue weighted by Crippen LogP contribution is 2.40. The molecular formula is C31H37F2N7O2. The van der Waals surface area contributed by atoms with Gasteiger partial charge in [0, 0.05) is 41.9 Å². The minimum atomic E-state index is -0.885. The number of hydrogen-bond acceptors (Lipinski definition) is 6. The Balaban J connectivity index is 1.70. The Bertz CT molecular complexity index is 1490. The van der Waals surface area contributed by atoms with E-state index in [0.29, 0.717) is 47.6 Å². The Hall–Kier alpha value is -4.12. The van der Waals surface area contributed by atoms with Gasteiger partial charge >= 0.3 is 6.03 Å². The first-order chi connectivity index (χ1) is 20.1. The summed E-state index contributed by atoms with van der Waals surface area (Å²) in [7, 11) is 0. The maximum absolute atomic E-state index is 15.1. The van der Waals surface area contributed by atoms with E-state index in [1.54, 1.807) is 12.1 Å². The van der Waals surface area contributed by atoms with Gasteiger partial charge in [0.05, 0.1) is 18.9 Å². The molecule has 0 atom stereocenters. The summed E-state index contributed by atoms with van der Waals surface area (Å²) in [5.41, 5.74) is 2.47. The molecule has 0 radical (unpaired) electrons. The lowest BCUT2D eigenvalue weighted by Gasteiger charge is -2.32. The lowest BCUT2D eigenvalue weighted by Crippen LogP contribution is -2.43. The van der Waals surface area contributed by atoms with Gasteiger partial charge in [0.25, 0.3) is 5.91 Å². The second kappa shape index (κ2) is 12.0. The number of nitrogens with zero attached hydrogens (tertiary/aromatic N) is 5. The third-order valence-electron chi connectivity index (χ3n) is 7.89. The minimum absolute atomic E-state index is 0.0479. The lowest BCUT2D eigenvalue weighted by molar-refractivity contribution is 0.0943. The van der Waals surface area contributed by atoms with E-state index in [-0.39, 0.29) is 24.3 Å². The first-order valence-electron chi connectivity index (χ1n) is 14.5. The molecule has 0 unspecified atom stereocenters. The maximum atomic E-state index is 15.1. The Morgan fingerprint density at radius 1 is 1.07 bits per heavy atom. The molecule has 3 amide bonds. The summed E-state index contributed by atoms with van der Waals surface area (Å²) in [5.74, 6) is -1.53. The van der Waals surface area contributed by atoms with Crippen LogP contribution in [0.15, 0.2) is 36.4 Å². The predicted molar refractivity (Wildman–Crippen MR) is 159 cm³/mol. The number of para-hydroxylation sites is 1. The summed E-state index contributed by atoms with van der Waals surface area (Å²) in [6, 6.07) is 8.50. The molecule has 0 bridgehead atoms. The van der Waals surface area contributed by atoms with Crippen molar-refractivity contribution in [3.05, 3.63) is 64.7 Å². The normalized spacial score (nSPS) is 15.4. The Kier molecular flexibility index (Phi) is 8.40. The third-order valence-corrected chi connectivity index (χ3v) is 7.89. The fourth-order valence-electron chi connectivity index (χ4n) is 5.66. The molecule has 0 aliphatic carbocycles. The van der Waals surface area contributed by atoms with Crippen molar-refractivity contribution in [2.24, 2.45) is 0 Å². The van der Waals surface area contributed by atoms with Crippen molar-refractivity contribution in [1.82, 2.24) is 25.5 Å². The van der Waals surface area contributed by atoms with Gasteiger partial charge in [-0.15, -0.1) is 0 Å². The summed E-state index contributed by atoms with van der Waals surface area (Å²) in [6.45, 7) is 12.1. The van der Waals surface area contributed by atoms with E-state index >= 15 is 8.78 Å². The second-order valence-electron chi connectivity index (χ2n) is 11.1. The van der Waals surface area contributed by atoms with Crippen molar-refractivity contribution in [2.75, 3.05) is 29.6 Å². The lowest BCUT2D eigenvalue weighted by atomic mass is 9.97. The molecule has 1 aromatic heterocycles. The molecule has 0 spiro atoms. The molecule has 5 rings (SSSR count). The molecule has 2 aliphatic heterocycles. The van der Waals surface area contributed by atoms with Crippen LogP contribution in [0.2, 0.25) is 0 Å². The van der Waals surface area contributed by atoms with Gasteiger partial charge in [-0.1, -0.05) is 26.0 Å². The number of halogens is 2. The summed E-state index contributed by atoms with van der Waals surface area (Å²) < 4.78 is 30.2. The minimum Gasteiger partial charge on any atom is -0.350 e. The van der Waals surface area contributed by atoms with E-state index in [0.717, 1.165) is 42.0 Å². The number of carbonyl (C=O) groups excluding carboxylic acids is 2. The number of rotatable bonds is 8. The number of urea groups is 1. The van der Waals surface area contributed by atoms with E-state index in [4.69, 9.17) is 9.97 Å². The number of nitrogens with one attached hydrogen (secondary N) is 2. The van der Waals surface area contributed by atoms with Gasteiger partial charge in [-0.2, -0.15) is 4.98 Å². The average Bonchev–Trinajstić information content (AvgIpc) is 3.44. The number of hydrogen-bond donors (Lipinski definition) is 2. The van der Waals surface area contributed by atoms with Gasteiger partial charge in [-0.05, 0) is 63.4 Å². The number of anilines is 3. The van der Waals surface area contributed by atoms with Crippen molar-refractivity contribution < 1.29 is 18.4 Å². The Morgan fingerprint density at radius 2 is 1.79 bits per heavy atom. The molecule has 3 heterocycles. The van der Waals surface area contributed by atoms with E-state index in [2.05, 4.69) is 29.4 Å². The number of aromatic nitrogens is 2. The molecule has 1 saturated heterocycles. The first-order valence-corrected chi connectivity index (χ1v) is 14.5. The fraction of sp³-hybridized carbons (Fsp3) is 0.419. The zero-order valence-corrected chi connectivity index (χ0v) is 24.7. The van der Waals surface area contributed by atoms with Crippen molar-refractivity contribution in [1.29, 1.82) is 0 Å². The van der Waals surface area contributed by atoms with Crippen LogP contribution in [0.4, 0.5) is 31.0 Å². The smallest absolute Gasteiger partial charge is 0.328 e. The molecule has 222 valence electrons. The summed E-state index contributed by atoms with van der Waals surface area (Å²) in [4.78, 5) is 41.3. The van der Waals surface area contributed by atoms with Crippen molar-refractivity contribution in [3.63, 3.8) is 0 Å². The van der Waals surface area contributed by atoms with Crippen molar-refractivity contribution in [2.45, 2.75) is 66.1 Å². The molecule has 2 N–H and O–H groups in total. The van der Waals surface area contributed by atoms with Crippen LogP contribution in [-0.4, -0.2) is 58.6 Å². The number of carbonyl (C=O) groups is 2. The van der Waals surface area contributed by atoms with Crippen molar-refractivity contribution >= 4 is 29.4 Å². The van der Waals surface area contributed by atoms with E-state index in [9.17, 15) is 9.59 Å². The Labute approximate surface area is 244 Å². The highest BCUT2D eigenvalue weighted by atomic mass is 19.1. The van der Waals surface area contributed by atoms with Crippen LogP contribution in [0.3, 0.4) is 0 Å². The second-order valence-corrected chi connectivity index (χ2v) is 11.1. The first kappa shape index (κ1) is 29.4. The standard InChI is InChI=1S/C31H37F2N7O2/c1-6-21(7-2)38-13-14-39(17-38)30-36-26(22-15-20(12-11-19(22)5)29(41)35-18(3)4)23-16-34-31(42)40(28(23)37-30)27-24(32)9-8-10-25(27)33/h8-12,15,18,21H,6-7,13-14,16-17H2,1-5H3,(H,34,42)(H,35,41). The van der Waals surface area contributed by atoms with Crippen LogP contribution < -0.4 is 20.4 Å². The number of benzene rings is 2. The van der Waals surface area contributed by atoms with Crippen LogP contribution in [0, 0.1) is 18.6 Å².